The summed E-state index contributed by atoms with van der Waals surface area (Å²) >= 11 is -3.00. The molecule has 0 nitrogen and oxygen atoms in total. The van der Waals surface area contributed by atoms with Gasteiger partial charge in [0.1, 0.15) is 0 Å². The quantitative estimate of drug-likeness (QED) is 0.586. The Morgan fingerprint density at radius 2 is 1.00 bits per heavy atom. The summed E-state index contributed by atoms with van der Waals surface area (Å²) < 4.78 is 5.12. The molecule has 0 unspecified atom stereocenters. The first-order valence-corrected chi connectivity index (χ1v) is 25.5. The van der Waals surface area contributed by atoms with E-state index in [-0.39, 0.29) is 0 Å². The molecule has 0 saturated heterocycles. The van der Waals surface area contributed by atoms with Gasteiger partial charge < -0.3 is 0 Å². The standard InChI is InChI=1S/C4H4.4CH3.2Sb/c1-3-4-2;;;;;;/h1-4H;4*1H3;;. The molecule has 1 aliphatic heterocycles. The number of allylic oxidation sites excluding steroid dienone is 2. The van der Waals surface area contributed by atoms with Crippen molar-refractivity contribution in [2.75, 3.05) is 0 Å². The molecule has 0 fully saturated rings. The fourth-order valence-electron chi connectivity index (χ4n) is 0.864. The van der Waals surface area contributed by atoms with Crippen LogP contribution in [0.15, 0.2) is 20.2 Å². The molecule has 0 radical (unpaired) electrons. The summed E-state index contributed by atoms with van der Waals surface area (Å²) in [5.74, 6) is 0. The van der Waals surface area contributed by atoms with Crippen molar-refractivity contribution in [3.05, 3.63) is 20.2 Å². The molecular weight excluding hydrogens is 340 g/mol. The Morgan fingerprint density at radius 3 is 1.20 bits per heavy atom. The van der Waals surface area contributed by atoms with Crippen LogP contribution in [0, 0.1) is 0 Å². The van der Waals surface area contributed by atoms with Crippen LogP contribution in [0.5, 0.6) is 0 Å². The second-order valence-corrected chi connectivity index (χ2v) is 61.7. The van der Waals surface area contributed by atoms with Crippen LogP contribution in [0.4, 0.5) is 0 Å². The van der Waals surface area contributed by atoms with E-state index in [1.807, 2.05) is 0 Å². The van der Waals surface area contributed by atoms with Gasteiger partial charge in [0.05, 0.1) is 0 Å². The molecule has 0 spiro atoms. The molecule has 0 aromatic rings. The van der Waals surface area contributed by atoms with E-state index in [1.165, 1.54) is 0 Å². The predicted molar refractivity (Wildman–Crippen MR) is 53.2 cm³/mol. The Balaban J connectivity index is 3.41. The van der Waals surface area contributed by atoms with Gasteiger partial charge in [-0.15, -0.1) is 0 Å². The van der Waals surface area contributed by atoms with Gasteiger partial charge in [-0.1, -0.05) is 0 Å². The van der Waals surface area contributed by atoms with Gasteiger partial charge in [0.15, 0.2) is 0 Å². The van der Waals surface area contributed by atoms with E-state index in [0.29, 0.717) is 0 Å². The third-order valence-corrected chi connectivity index (χ3v) is 71.1. The third-order valence-electron chi connectivity index (χ3n) is 2.34. The molecular formula is C8H16Sb2. The minimum atomic E-state index is -1.50. The maximum absolute atomic E-state index is 2.56. The van der Waals surface area contributed by atoms with Crippen LogP contribution in [0.2, 0.25) is 19.5 Å². The summed E-state index contributed by atoms with van der Waals surface area (Å²) in [4.78, 5) is 10.2. The molecule has 10 heavy (non-hydrogen) atoms. The Labute approximate surface area is 66.9 Å². The molecule has 2 heteroatoms. The molecule has 1 rings (SSSR count). The molecule has 0 atom stereocenters. The van der Waals surface area contributed by atoms with Crippen molar-refractivity contribution < 1.29 is 0 Å². The van der Waals surface area contributed by atoms with Crippen molar-refractivity contribution >= 4 is 28.1 Å². The summed E-state index contributed by atoms with van der Waals surface area (Å²) in [7, 11) is 0. The van der Waals surface area contributed by atoms with E-state index < -0.39 is 28.1 Å². The Hall–Kier alpha value is 1.12. The summed E-state index contributed by atoms with van der Waals surface area (Å²) in [5.41, 5.74) is 0. The SMILES string of the molecule is [CH3][Sb]1([CH3])=[Sb]([CH3])([CH3])[CH]=CC=[CH]1. The fourth-order valence-corrected chi connectivity index (χ4v) is 21.9. The van der Waals surface area contributed by atoms with Gasteiger partial charge in [0, 0.05) is 0 Å². The maximum atomic E-state index is 2.56. The van der Waals surface area contributed by atoms with Gasteiger partial charge in [0.2, 0.25) is 0 Å². The second kappa shape index (κ2) is 2.87. The molecule has 0 N–H and O–H groups in total. The zero-order chi connectivity index (χ0) is 7.83. The van der Waals surface area contributed by atoms with Crippen molar-refractivity contribution in [1.29, 1.82) is 0 Å². The van der Waals surface area contributed by atoms with E-state index >= 15 is 0 Å². The first-order chi connectivity index (χ1) is 4.46. The average molecular weight is 356 g/mol. The normalized spacial score (nSPS) is 26.8. The minimum absolute atomic E-state index is 1.50. The number of hydrogen-bond donors (Lipinski definition) is 0. The van der Waals surface area contributed by atoms with E-state index in [0.717, 1.165) is 0 Å². The molecule has 58 valence electrons. The van der Waals surface area contributed by atoms with E-state index in [9.17, 15) is 0 Å². The van der Waals surface area contributed by atoms with E-state index in [4.69, 9.17) is 0 Å². The zero-order valence-corrected chi connectivity index (χ0v) is 12.3. The van der Waals surface area contributed by atoms with Crippen molar-refractivity contribution in [2.24, 2.45) is 0 Å². The monoisotopic (exact) mass is 354 g/mol. The first-order valence-electron chi connectivity index (χ1n) is 3.51. The Kier molecular flexibility index (Phi) is 2.64. The molecule has 0 bridgehead atoms. The molecule has 0 saturated carbocycles. The van der Waals surface area contributed by atoms with Crippen LogP contribution in [0.3, 0.4) is 0 Å². The van der Waals surface area contributed by atoms with Gasteiger partial charge in [-0.25, -0.2) is 0 Å². The fraction of sp³-hybridized carbons (Fsp3) is 0.500. The van der Waals surface area contributed by atoms with Crippen LogP contribution in [0.25, 0.3) is 0 Å². The Morgan fingerprint density at radius 1 is 0.700 bits per heavy atom. The third kappa shape index (κ3) is 1.64. The van der Waals surface area contributed by atoms with Crippen molar-refractivity contribution in [2.45, 2.75) is 19.5 Å². The number of rotatable bonds is 0. The van der Waals surface area contributed by atoms with Gasteiger partial charge in [-0.2, -0.15) is 0 Å². The van der Waals surface area contributed by atoms with E-state index in [1.54, 1.807) is 0 Å². The zero-order valence-electron chi connectivity index (χ0n) is 7.20. The van der Waals surface area contributed by atoms with E-state index in [2.05, 4.69) is 39.7 Å². The van der Waals surface area contributed by atoms with Gasteiger partial charge >= 0.3 is 67.7 Å². The van der Waals surface area contributed by atoms with Crippen LogP contribution >= 0.6 is 0 Å². The second-order valence-electron chi connectivity index (χ2n) is 3.64. The average Bonchev–Trinajstić information content (AvgIpc) is 1.77. The van der Waals surface area contributed by atoms with Crippen LogP contribution < -0.4 is 0 Å². The molecule has 0 aromatic carbocycles. The van der Waals surface area contributed by atoms with Crippen molar-refractivity contribution in [3.8, 4) is 0 Å². The van der Waals surface area contributed by atoms with Crippen molar-refractivity contribution in [1.82, 2.24) is 0 Å². The van der Waals surface area contributed by atoms with Crippen LogP contribution in [0.1, 0.15) is 0 Å². The molecule has 1 heterocycles. The summed E-state index contributed by atoms with van der Waals surface area (Å²) in [6.07, 6.45) is 4.54. The van der Waals surface area contributed by atoms with Gasteiger partial charge in [-0.05, 0) is 0 Å². The predicted octanol–water partition coefficient (Wildman–Crippen LogP) is 2.69. The van der Waals surface area contributed by atoms with Crippen molar-refractivity contribution in [3.63, 3.8) is 0 Å². The summed E-state index contributed by atoms with van der Waals surface area (Å²) in [5, 5.41) is 0. The summed E-state index contributed by atoms with van der Waals surface area (Å²) in [6.45, 7) is 0. The number of hydrogen-bond acceptors (Lipinski definition) is 0. The van der Waals surface area contributed by atoms with Crippen LogP contribution in [-0.2, 0) is 0 Å². The topological polar surface area (TPSA) is 0 Å². The molecule has 1 aliphatic rings. The van der Waals surface area contributed by atoms with Gasteiger partial charge in [0.25, 0.3) is 0 Å². The van der Waals surface area contributed by atoms with Crippen LogP contribution in [-0.4, -0.2) is 28.1 Å². The molecule has 0 aliphatic carbocycles. The first kappa shape index (κ1) is 9.21. The van der Waals surface area contributed by atoms with Gasteiger partial charge in [-0.3, -0.25) is 0 Å². The molecule has 0 aromatic heterocycles. The molecule has 0 amide bonds. The Bertz CT molecular complexity index is 229. The summed E-state index contributed by atoms with van der Waals surface area (Å²) in [6, 6.07) is 0.